The van der Waals surface area contributed by atoms with Crippen LogP contribution in [0.3, 0.4) is 0 Å². The van der Waals surface area contributed by atoms with Crippen LogP contribution in [-0.2, 0) is 4.79 Å². The number of thiol groups is 1. The molecule has 0 aromatic carbocycles. The second kappa shape index (κ2) is 4.49. The van der Waals surface area contributed by atoms with Gasteiger partial charge in [-0.25, -0.2) is 5.53 Å². The molecule has 0 aliphatic rings. The van der Waals surface area contributed by atoms with E-state index in [1.807, 2.05) is 0 Å². The first kappa shape index (κ1) is 8.62. The minimum absolute atomic E-state index is 0.0564. The zero-order chi connectivity index (χ0) is 7.28. The summed E-state index contributed by atoms with van der Waals surface area (Å²) in [6.45, 7) is 1.44. The lowest BCUT2D eigenvalue weighted by atomic mass is 10.2. The van der Waals surface area contributed by atoms with Crippen LogP contribution in [0.4, 0.5) is 0 Å². The minimum Gasteiger partial charge on any atom is -0.298 e. The molecule has 1 atom stereocenters. The zero-order valence-electron chi connectivity index (χ0n) is 5.29. The lowest BCUT2D eigenvalue weighted by molar-refractivity contribution is -0.118. The van der Waals surface area contributed by atoms with Crippen LogP contribution in [0.15, 0.2) is 5.11 Å². The second-order valence-corrected chi connectivity index (χ2v) is 2.22. The summed E-state index contributed by atoms with van der Waals surface area (Å²) in [7, 11) is 0. The van der Waals surface area contributed by atoms with Crippen molar-refractivity contribution in [2.24, 2.45) is 5.11 Å². The second-order valence-electron chi connectivity index (χ2n) is 1.77. The predicted octanol–water partition coefficient (Wildman–Crippen LogP) is 1.29. The third-order valence-corrected chi connectivity index (χ3v) is 1.29. The molecular weight excluding hydrogens is 136 g/mol. The Kier molecular flexibility index (Phi) is 4.30. The first-order chi connectivity index (χ1) is 4.22. The fourth-order valence-corrected chi connectivity index (χ4v) is 0.726. The quantitative estimate of drug-likeness (QED) is 0.456. The van der Waals surface area contributed by atoms with Crippen LogP contribution in [0, 0.1) is 5.53 Å². The summed E-state index contributed by atoms with van der Waals surface area (Å²) in [6, 6.07) is -0.456. The van der Waals surface area contributed by atoms with E-state index in [0.717, 1.165) is 0 Å². The van der Waals surface area contributed by atoms with Crippen LogP contribution in [0.2, 0.25) is 0 Å². The molecule has 0 aliphatic heterocycles. The largest absolute Gasteiger partial charge is 0.298 e. The van der Waals surface area contributed by atoms with Crippen molar-refractivity contribution >= 4 is 18.4 Å². The maximum absolute atomic E-state index is 10.5. The van der Waals surface area contributed by atoms with Gasteiger partial charge in [0.25, 0.3) is 0 Å². The molecule has 0 saturated heterocycles. The molecule has 0 aromatic heterocycles. The summed E-state index contributed by atoms with van der Waals surface area (Å²) in [4.78, 5) is 10.5. The number of nitrogens with zero attached hydrogens (tertiary/aromatic N) is 1. The van der Waals surface area contributed by atoms with Gasteiger partial charge >= 0.3 is 0 Å². The standard InChI is InChI=1S/C5H10N2OS/c1-4(8)5(7-6)2-3-9/h5-6,9H,2-3H2,1H3. The van der Waals surface area contributed by atoms with Gasteiger partial charge in [-0.2, -0.15) is 17.7 Å². The number of Topliss-reactive ketones (excluding diaryl/α,β-unsaturated/α-hetero) is 1. The molecular formula is C5H10N2OS. The smallest absolute Gasteiger partial charge is 0.156 e. The Morgan fingerprint density at radius 2 is 2.44 bits per heavy atom. The summed E-state index contributed by atoms with van der Waals surface area (Å²) >= 11 is 3.91. The van der Waals surface area contributed by atoms with E-state index >= 15 is 0 Å². The number of carbonyl (C=O) groups excluding carboxylic acids is 1. The van der Waals surface area contributed by atoms with Crippen molar-refractivity contribution in [3.8, 4) is 0 Å². The van der Waals surface area contributed by atoms with Crippen molar-refractivity contribution in [1.82, 2.24) is 0 Å². The van der Waals surface area contributed by atoms with Gasteiger partial charge in [-0.05, 0) is 19.1 Å². The highest BCUT2D eigenvalue weighted by Crippen LogP contribution is 1.99. The normalized spacial score (nSPS) is 12.7. The molecule has 1 N–H and O–H groups in total. The van der Waals surface area contributed by atoms with E-state index in [9.17, 15) is 4.79 Å². The molecule has 0 heterocycles. The maximum atomic E-state index is 10.5. The Balaban J connectivity index is 3.68. The minimum atomic E-state index is -0.456. The Labute approximate surface area is 59.8 Å². The SMILES string of the molecule is CC(=O)C(CCS)N=N. The van der Waals surface area contributed by atoms with E-state index in [2.05, 4.69) is 17.7 Å². The molecule has 0 aliphatic carbocycles. The molecule has 0 aromatic rings. The highest BCUT2D eigenvalue weighted by atomic mass is 32.1. The first-order valence-corrected chi connectivity index (χ1v) is 3.33. The average Bonchev–Trinajstić information content (AvgIpc) is 1.82. The van der Waals surface area contributed by atoms with Crippen molar-refractivity contribution < 1.29 is 4.79 Å². The Bertz CT molecular complexity index is 116. The van der Waals surface area contributed by atoms with Gasteiger partial charge in [0.1, 0.15) is 6.04 Å². The van der Waals surface area contributed by atoms with E-state index < -0.39 is 6.04 Å². The lowest BCUT2D eigenvalue weighted by Crippen LogP contribution is -2.14. The van der Waals surface area contributed by atoms with Crippen LogP contribution in [0.25, 0.3) is 0 Å². The van der Waals surface area contributed by atoms with Gasteiger partial charge in [-0.15, -0.1) is 0 Å². The molecule has 9 heavy (non-hydrogen) atoms. The number of nitrogens with one attached hydrogen (secondary N) is 1. The van der Waals surface area contributed by atoms with Crippen molar-refractivity contribution in [3.63, 3.8) is 0 Å². The molecule has 0 amide bonds. The molecule has 52 valence electrons. The third-order valence-electron chi connectivity index (χ3n) is 1.03. The van der Waals surface area contributed by atoms with Gasteiger partial charge in [0.05, 0.1) is 0 Å². The Hall–Kier alpha value is -0.380. The molecule has 0 radical (unpaired) electrons. The zero-order valence-corrected chi connectivity index (χ0v) is 6.19. The van der Waals surface area contributed by atoms with Crippen LogP contribution in [0.5, 0.6) is 0 Å². The average molecular weight is 146 g/mol. The molecule has 4 heteroatoms. The topological polar surface area (TPSA) is 53.3 Å². The lowest BCUT2D eigenvalue weighted by Gasteiger charge is -2.01. The highest BCUT2D eigenvalue weighted by Gasteiger charge is 2.09. The predicted molar refractivity (Wildman–Crippen MR) is 38.1 cm³/mol. The van der Waals surface area contributed by atoms with Gasteiger partial charge in [0.15, 0.2) is 5.78 Å². The maximum Gasteiger partial charge on any atom is 0.156 e. The van der Waals surface area contributed by atoms with E-state index in [1.165, 1.54) is 6.92 Å². The van der Waals surface area contributed by atoms with Crippen molar-refractivity contribution in [1.29, 1.82) is 5.53 Å². The van der Waals surface area contributed by atoms with Crippen molar-refractivity contribution in [3.05, 3.63) is 0 Å². The molecule has 0 rings (SSSR count). The summed E-state index contributed by atoms with van der Waals surface area (Å²) < 4.78 is 0. The van der Waals surface area contributed by atoms with Gasteiger partial charge in [0.2, 0.25) is 0 Å². The summed E-state index contributed by atoms with van der Waals surface area (Å²) in [5, 5.41) is 3.13. The Morgan fingerprint density at radius 3 is 2.56 bits per heavy atom. The number of carbonyl (C=O) groups is 1. The van der Waals surface area contributed by atoms with Crippen LogP contribution in [0.1, 0.15) is 13.3 Å². The van der Waals surface area contributed by atoms with Gasteiger partial charge in [-0.1, -0.05) is 0 Å². The highest BCUT2D eigenvalue weighted by molar-refractivity contribution is 7.80. The van der Waals surface area contributed by atoms with E-state index in [0.29, 0.717) is 12.2 Å². The Morgan fingerprint density at radius 1 is 1.89 bits per heavy atom. The number of ketones is 1. The van der Waals surface area contributed by atoms with Gasteiger partial charge < -0.3 is 0 Å². The molecule has 3 nitrogen and oxygen atoms in total. The molecule has 0 saturated carbocycles. The van der Waals surface area contributed by atoms with Crippen LogP contribution in [-0.4, -0.2) is 17.6 Å². The van der Waals surface area contributed by atoms with Gasteiger partial charge in [0, 0.05) is 0 Å². The number of hydrogen-bond acceptors (Lipinski definition) is 4. The van der Waals surface area contributed by atoms with Crippen LogP contribution < -0.4 is 0 Å². The summed E-state index contributed by atoms with van der Waals surface area (Å²) in [6.07, 6.45) is 0.571. The summed E-state index contributed by atoms with van der Waals surface area (Å²) in [5.41, 5.74) is 6.56. The fourth-order valence-electron chi connectivity index (χ4n) is 0.481. The number of hydrogen-bond donors (Lipinski definition) is 2. The van der Waals surface area contributed by atoms with E-state index in [1.54, 1.807) is 0 Å². The third kappa shape index (κ3) is 3.24. The molecule has 0 spiro atoms. The first-order valence-electron chi connectivity index (χ1n) is 2.70. The molecule has 0 fully saturated rings. The van der Waals surface area contributed by atoms with E-state index in [-0.39, 0.29) is 5.78 Å². The number of rotatable bonds is 4. The molecule has 1 unspecified atom stereocenters. The van der Waals surface area contributed by atoms with Crippen LogP contribution >= 0.6 is 12.6 Å². The van der Waals surface area contributed by atoms with E-state index in [4.69, 9.17) is 5.53 Å². The van der Waals surface area contributed by atoms with Crippen molar-refractivity contribution in [2.75, 3.05) is 5.75 Å². The fraction of sp³-hybridized carbons (Fsp3) is 0.800. The summed E-state index contributed by atoms with van der Waals surface area (Å²) in [5.74, 6) is 0.547. The molecule has 0 bridgehead atoms. The van der Waals surface area contributed by atoms with Gasteiger partial charge in [-0.3, -0.25) is 4.79 Å². The monoisotopic (exact) mass is 146 g/mol. The van der Waals surface area contributed by atoms with Crippen molar-refractivity contribution in [2.45, 2.75) is 19.4 Å².